The molecule has 0 aromatic heterocycles. The quantitative estimate of drug-likeness (QED) is 0.165. The average Bonchev–Trinajstić information content (AvgIpc) is 3.02. The topological polar surface area (TPSA) is 86.8 Å². The first-order valence-electron chi connectivity index (χ1n) is 15.4. The van der Waals surface area contributed by atoms with E-state index in [2.05, 4.69) is 12.2 Å². The van der Waals surface area contributed by atoms with Gasteiger partial charge in [0, 0.05) is 19.5 Å². The van der Waals surface area contributed by atoms with Gasteiger partial charge >= 0.3 is 0 Å². The fourth-order valence-corrected chi connectivity index (χ4v) is 6.56. The summed E-state index contributed by atoms with van der Waals surface area (Å²) < 4.78 is 29.4. The van der Waals surface area contributed by atoms with Gasteiger partial charge in [-0.1, -0.05) is 109 Å². The maximum absolute atomic E-state index is 14.5. The van der Waals surface area contributed by atoms with Gasteiger partial charge in [-0.25, -0.2) is 8.42 Å². The fourth-order valence-electron chi connectivity index (χ4n) is 5.14. The Morgan fingerprint density at radius 2 is 1.38 bits per heavy atom. The predicted octanol–water partition coefficient (Wildman–Crippen LogP) is 6.36. The standard InChI is InChI=1S/C37H43N3O4S/c1-5-6-23-38-37(42)35(25-31-12-8-7-9-13-31)39(26-32-14-10-11-30(4)24-32)36(41)27-40(33-19-15-28(2)16-20-33)45(43,44)34-21-17-29(3)18-22-34/h7-22,24,35H,5-6,23,25-27H2,1-4H3,(H,38,42)/t35-/m0/s1. The molecule has 0 spiro atoms. The Morgan fingerprint density at radius 3 is 2.00 bits per heavy atom. The second-order valence-electron chi connectivity index (χ2n) is 11.5. The highest BCUT2D eigenvalue weighted by Crippen LogP contribution is 2.26. The zero-order chi connectivity index (χ0) is 32.4. The molecular formula is C37H43N3O4S. The number of carbonyl (C=O) groups excluding carboxylic acids is 2. The van der Waals surface area contributed by atoms with Gasteiger partial charge in [-0.15, -0.1) is 0 Å². The molecule has 0 fully saturated rings. The molecule has 0 saturated carbocycles. The normalized spacial score (nSPS) is 11.9. The van der Waals surface area contributed by atoms with E-state index in [1.54, 1.807) is 36.4 Å². The molecule has 236 valence electrons. The summed E-state index contributed by atoms with van der Waals surface area (Å²) in [5.41, 5.74) is 5.04. The van der Waals surface area contributed by atoms with Crippen LogP contribution >= 0.6 is 0 Å². The number of hydrogen-bond acceptors (Lipinski definition) is 4. The third kappa shape index (κ3) is 9.05. The Balaban J connectivity index is 1.78. The van der Waals surface area contributed by atoms with E-state index in [1.807, 2.05) is 87.5 Å². The van der Waals surface area contributed by atoms with Crippen LogP contribution in [-0.4, -0.2) is 44.3 Å². The molecule has 0 unspecified atom stereocenters. The number of benzene rings is 4. The van der Waals surface area contributed by atoms with Crippen molar-refractivity contribution in [3.05, 3.63) is 131 Å². The highest BCUT2D eigenvalue weighted by molar-refractivity contribution is 7.92. The summed E-state index contributed by atoms with van der Waals surface area (Å²) in [5.74, 6) is -0.740. The summed E-state index contributed by atoms with van der Waals surface area (Å²) in [6.07, 6.45) is 2.01. The lowest BCUT2D eigenvalue weighted by Crippen LogP contribution is -2.53. The minimum Gasteiger partial charge on any atom is -0.354 e. The molecule has 2 amide bonds. The van der Waals surface area contributed by atoms with Crippen molar-refractivity contribution >= 4 is 27.5 Å². The first-order valence-corrected chi connectivity index (χ1v) is 16.8. The summed E-state index contributed by atoms with van der Waals surface area (Å²) in [7, 11) is -4.13. The minimum absolute atomic E-state index is 0.0878. The third-order valence-corrected chi connectivity index (χ3v) is 9.53. The number of sulfonamides is 1. The van der Waals surface area contributed by atoms with Gasteiger partial charge in [0.2, 0.25) is 11.8 Å². The van der Waals surface area contributed by atoms with E-state index >= 15 is 0 Å². The summed E-state index contributed by atoms with van der Waals surface area (Å²) in [4.78, 5) is 30.0. The maximum Gasteiger partial charge on any atom is 0.264 e. The molecule has 4 rings (SSSR count). The monoisotopic (exact) mass is 625 g/mol. The van der Waals surface area contributed by atoms with Crippen molar-refractivity contribution in [1.29, 1.82) is 0 Å². The van der Waals surface area contributed by atoms with E-state index in [9.17, 15) is 18.0 Å². The number of unbranched alkanes of at least 4 members (excludes halogenated alkanes) is 1. The highest BCUT2D eigenvalue weighted by Gasteiger charge is 2.34. The number of anilines is 1. The van der Waals surface area contributed by atoms with Crippen molar-refractivity contribution in [2.24, 2.45) is 0 Å². The third-order valence-electron chi connectivity index (χ3n) is 7.75. The fraction of sp³-hybridized carbons (Fsp3) is 0.297. The molecule has 7 nitrogen and oxygen atoms in total. The van der Waals surface area contributed by atoms with E-state index in [4.69, 9.17) is 0 Å². The van der Waals surface area contributed by atoms with Gasteiger partial charge in [-0.2, -0.15) is 0 Å². The van der Waals surface area contributed by atoms with E-state index in [-0.39, 0.29) is 23.8 Å². The molecule has 0 heterocycles. The summed E-state index contributed by atoms with van der Waals surface area (Å²) in [5, 5.41) is 3.02. The van der Waals surface area contributed by atoms with Gasteiger partial charge < -0.3 is 10.2 Å². The lowest BCUT2D eigenvalue weighted by atomic mass is 10.0. The molecule has 0 radical (unpaired) electrons. The summed E-state index contributed by atoms with van der Waals surface area (Å²) in [6, 6.07) is 30.2. The summed E-state index contributed by atoms with van der Waals surface area (Å²) in [6.45, 7) is 7.99. The number of nitrogens with one attached hydrogen (secondary N) is 1. The predicted molar refractivity (Wildman–Crippen MR) is 180 cm³/mol. The van der Waals surface area contributed by atoms with Gasteiger partial charge in [-0.3, -0.25) is 13.9 Å². The van der Waals surface area contributed by atoms with Crippen molar-refractivity contribution < 1.29 is 18.0 Å². The van der Waals surface area contributed by atoms with Crippen molar-refractivity contribution in [3.8, 4) is 0 Å². The van der Waals surface area contributed by atoms with E-state index in [0.29, 0.717) is 12.2 Å². The van der Waals surface area contributed by atoms with Crippen LogP contribution in [0.4, 0.5) is 5.69 Å². The molecule has 0 aliphatic carbocycles. The first kappa shape index (κ1) is 33.5. The number of rotatable bonds is 14. The van der Waals surface area contributed by atoms with E-state index in [1.165, 1.54) is 4.90 Å². The van der Waals surface area contributed by atoms with Crippen LogP contribution in [0, 0.1) is 20.8 Å². The molecule has 0 aliphatic rings. The van der Waals surface area contributed by atoms with Crippen molar-refractivity contribution in [2.75, 3.05) is 17.4 Å². The largest absolute Gasteiger partial charge is 0.354 e. The second kappa shape index (κ2) is 15.5. The van der Waals surface area contributed by atoms with Crippen LogP contribution in [0.25, 0.3) is 0 Å². The van der Waals surface area contributed by atoms with Crippen LogP contribution in [0.3, 0.4) is 0 Å². The van der Waals surface area contributed by atoms with Crippen LogP contribution in [-0.2, 0) is 32.6 Å². The smallest absolute Gasteiger partial charge is 0.264 e. The van der Waals surface area contributed by atoms with E-state index in [0.717, 1.165) is 45.0 Å². The molecule has 0 saturated heterocycles. The number of carbonyl (C=O) groups is 2. The molecule has 8 heteroatoms. The van der Waals surface area contributed by atoms with Crippen LogP contribution in [0.15, 0.2) is 108 Å². The molecule has 4 aromatic carbocycles. The maximum atomic E-state index is 14.5. The zero-order valence-electron chi connectivity index (χ0n) is 26.6. The van der Waals surface area contributed by atoms with Gasteiger partial charge in [0.05, 0.1) is 10.6 Å². The molecule has 4 aromatic rings. The van der Waals surface area contributed by atoms with Crippen LogP contribution < -0.4 is 9.62 Å². The lowest BCUT2D eigenvalue weighted by Gasteiger charge is -2.34. The van der Waals surface area contributed by atoms with Crippen LogP contribution in [0.2, 0.25) is 0 Å². The first-order chi connectivity index (χ1) is 21.6. The Bertz CT molecular complexity index is 1670. The average molecular weight is 626 g/mol. The van der Waals surface area contributed by atoms with Crippen molar-refractivity contribution in [2.45, 2.75) is 64.4 Å². The Morgan fingerprint density at radius 1 is 0.756 bits per heavy atom. The number of nitrogens with zero attached hydrogens (tertiary/aromatic N) is 2. The zero-order valence-corrected chi connectivity index (χ0v) is 27.4. The molecular weight excluding hydrogens is 582 g/mol. The SMILES string of the molecule is CCCCNC(=O)[C@H](Cc1ccccc1)N(Cc1cccc(C)c1)C(=O)CN(c1ccc(C)cc1)S(=O)(=O)c1ccc(C)cc1. The lowest BCUT2D eigenvalue weighted by molar-refractivity contribution is -0.140. The number of hydrogen-bond donors (Lipinski definition) is 1. The highest BCUT2D eigenvalue weighted by atomic mass is 32.2. The Hall–Kier alpha value is -4.43. The molecule has 1 atom stereocenters. The summed E-state index contributed by atoms with van der Waals surface area (Å²) >= 11 is 0. The van der Waals surface area contributed by atoms with Crippen LogP contribution in [0.1, 0.15) is 47.6 Å². The number of amides is 2. The molecule has 1 N–H and O–H groups in total. The Labute approximate surface area is 268 Å². The Kier molecular flexibility index (Phi) is 11.5. The van der Waals surface area contributed by atoms with Gasteiger partial charge in [-0.05, 0) is 62.6 Å². The number of aryl methyl sites for hydroxylation is 3. The molecule has 45 heavy (non-hydrogen) atoms. The van der Waals surface area contributed by atoms with Crippen LogP contribution in [0.5, 0.6) is 0 Å². The van der Waals surface area contributed by atoms with Crippen molar-refractivity contribution in [3.63, 3.8) is 0 Å². The van der Waals surface area contributed by atoms with Gasteiger partial charge in [0.15, 0.2) is 0 Å². The molecule has 0 aliphatic heterocycles. The van der Waals surface area contributed by atoms with E-state index < -0.39 is 28.5 Å². The van der Waals surface area contributed by atoms with Crippen molar-refractivity contribution in [1.82, 2.24) is 10.2 Å². The minimum atomic E-state index is -4.13. The molecule has 0 bridgehead atoms. The van der Waals surface area contributed by atoms with Gasteiger partial charge in [0.1, 0.15) is 12.6 Å². The second-order valence-corrected chi connectivity index (χ2v) is 13.4. The van der Waals surface area contributed by atoms with Gasteiger partial charge in [0.25, 0.3) is 10.0 Å².